The van der Waals surface area contributed by atoms with Crippen LogP contribution in [0.2, 0.25) is 0 Å². The van der Waals surface area contributed by atoms with Gasteiger partial charge >= 0.3 is 0 Å². The van der Waals surface area contributed by atoms with Crippen LogP contribution in [0.25, 0.3) is 0 Å². The molecule has 0 saturated carbocycles. The first-order chi connectivity index (χ1) is 9.56. The maximum absolute atomic E-state index is 8.24. The molecule has 0 rings (SSSR count). The van der Waals surface area contributed by atoms with Gasteiger partial charge in [0.25, 0.3) is 0 Å². The van der Waals surface area contributed by atoms with Crippen molar-refractivity contribution in [3.63, 3.8) is 0 Å². The van der Waals surface area contributed by atoms with E-state index in [1.54, 1.807) is 13.8 Å². The Balaban J connectivity index is -0.000000230. The Morgan fingerprint density at radius 2 is 1.05 bits per heavy atom. The summed E-state index contributed by atoms with van der Waals surface area (Å²) >= 11 is 0. The summed E-state index contributed by atoms with van der Waals surface area (Å²) in [6.45, 7) is 10.5. The van der Waals surface area contributed by atoms with Crippen LogP contribution in [-0.2, 0) is 9.47 Å². The van der Waals surface area contributed by atoms with E-state index in [0.29, 0.717) is 13.2 Å². The molecule has 0 aliphatic carbocycles. The summed E-state index contributed by atoms with van der Waals surface area (Å²) in [6.07, 6.45) is 4.34. The molecule has 0 aromatic heterocycles. The van der Waals surface area contributed by atoms with Gasteiger partial charge in [0.15, 0.2) is 0 Å². The number of hydrogen-bond donors (Lipinski definition) is 3. The first-order valence-electron chi connectivity index (χ1n) is 7.61. The van der Waals surface area contributed by atoms with Crippen molar-refractivity contribution in [3.8, 4) is 0 Å². The van der Waals surface area contributed by atoms with Gasteiger partial charge in [-0.25, -0.2) is 0 Å². The van der Waals surface area contributed by atoms with Crippen LogP contribution in [0, 0.1) is 0 Å². The van der Waals surface area contributed by atoms with Gasteiger partial charge in [0, 0.05) is 19.3 Å². The summed E-state index contributed by atoms with van der Waals surface area (Å²) in [5.74, 6) is 0. The summed E-state index contributed by atoms with van der Waals surface area (Å²) in [5, 5.41) is 24.5. The molecule has 0 radical (unpaired) electrons. The smallest absolute Gasteiger partial charge is 0.0697 e. The normalized spacial score (nSPS) is 9.60. The van der Waals surface area contributed by atoms with Crippen molar-refractivity contribution in [2.75, 3.05) is 39.6 Å². The molecule has 0 fully saturated rings. The molecule has 5 heteroatoms. The van der Waals surface area contributed by atoms with Gasteiger partial charge in [-0.1, -0.05) is 26.7 Å². The second kappa shape index (κ2) is 27.2. The summed E-state index contributed by atoms with van der Waals surface area (Å²) in [5.41, 5.74) is 0. The number of ether oxygens (including phenoxy) is 2. The van der Waals surface area contributed by atoms with Crippen molar-refractivity contribution in [2.45, 2.75) is 59.5 Å². The molecule has 0 aromatic rings. The molecule has 0 amide bonds. The van der Waals surface area contributed by atoms with Crippen molar-refractivity contribution < 1.29 is 24.8 Å². The topological polar surface area (TPSA) is 79.2 Å². The van der Waals surface area contributed by atoms with E-state index in [4.69, 9.17) is 24.8 Å². The Bertz CT molecular complexity index is 105. The molecule has 0 aliphatic heterocycles. The average molecular weight is 296 g/mol. The minimum absolute atomic E-state index is 0.143. The van der Waals surface area contributed by atoms with Gasteiger partial charge in [-0.05, 0) is 26.7 Å². The Labute approximate surface area is 124 Å². The van der Waals surface area contributed by atoms with Crippen LogP contribution < -0.4 is 0 Å². The van der Waals surface area contributed by atoms with Gasteiger partial charge in [-0.3, -0.25) is 0 Å². The summed E-state index contributed by atoms with van der Waals surface area (Å²) < 4.78 is 9.95. The lowest BCUT2D eigenvalue weighted by atomic mass is 10.4. The fourth-order valence-electron chi connectivity index (χ4n) is 0.826. The van der Waals surface area contributed by atoms with Gasteiger partial charge in [0.2, 0.25) is 0 Å². The van der Waals surface area contributed by atoms with Crippen LogP contribution in [0.15, 0.2) is 0 Å². The maximum atomic E-state index is 8.24. The van der Waals surface area contributed by atoms with E-state index in [0.717, 1.165) is 38.9 Å². The highest BCUT2D eigenvalue weighted by Gasteiger charge is 1.83. The lowest BCUT2D eigenvalue weighted by Gasteiger charge is -1.97. The first kappa shape index (κ1) is 24.8. The third kappa shape index (κ3) is 52.3. The number of aliphatic hydroxyl groups excluding tert-OH is 3. The predicted molar refractivity (Wildman–Crippen MR) is 83.0 cm³/mol. The van der Waals surface area contributed by atoms with E-state index in [9.17, 15) is 0 Å². The van der Waals surface area contributed by atoms with Gasteiger partial charge < -0.3 is 24.8 Å². The van der Waals surface area contributed by atoms with Crippen LogP contribution in [0.5, 0.6) is 0 Å². The molecular weight excluding hydrogens is 260 g/mol. The number of unbranched alkanes of at least 4 members (excludes halogenated alkanes) is 2. The zero-order valence-electron chi connectivity index (χ0n) is 13.8. The minimum atomic E-state index is -0.167. The van der Waals surface area contributed by atoms with Crippen molar-refractivity contribution in [1.29, 1.82) is 0 Å². The third-order valence-electron chi connectivity index (χ3n) is 1.76. The fraction of sp³-hybridized carbons (Fsp3) is 1.00. The van der Waals surface area contributed by atoms with Crippen molar-refractivity contribution in [2.24, 2.45) is 0 Å². The van der Waals surface area contributed by atoms with Gasteiger partial charge in [0.1, 0.15) is 0 Å². The van der Waals surface area contributed by atoms with Crippen LogP contribution in [-0.4, -0.2) is 61.1 Å². The van der Waals surface area contributed by atoms with E-state index in [2.05, 4.69) is 13.8 Å². The minimum Gasteiger partial charge on any atom is -0.394 e. The standard InChI is InChI=1S/2C6H14O2.C3H8O/c2*1-2-3-5-8-6-4-7;1-3(2)4/h2*7H,2-6H2,1H3;3-4H,1-2H3. The molecule has 3 N–H and O–H groups in total. The van der Waals surface area contributed by atoms with Crippen molar-refractivity contribution in [1.82, 2.24) is 0 Å². The highest BCUT2D eigenvalue weighted by Crippen LogP contribution is 1.86. The first-order valence-corrected chi connectivity index (χ1v) is 7.61. The summed E-state index contributed by atoms with van der Waals surface area (Å²) in [4.78, 5) is 0. The molecule has 0 atom stereocenters. The van der Waals surface area contributed by atoms with E-state index < -0.39 is 0 Å². The molecule has 0 spiro atoms. The molecule has 126 valence electrons. The van der Waals surface area contributed by atoms with Gasteiger partial charge in [-0.2, -0.15) is 0 Å². The Morgan fingerprint density at radius 3 is 1.25 bits per heavy atom. The quantitative estimate of drug-likeness (QED) is 0.537. The largest absolute Gasteiger partial charge is 0.394 e. The molecule has 0 saturated heterocycles. The fourth-order valence-corrected chi connectivity index (χ4v) is 0.826. The van der Waals surface area contributed by atoms with E-state index in [1.165, 1.54) is 0 Å². The molecular formula is C15H36O5. The number of aliphatic hydroxyl groups is 3. The molecule has 0 aromatic carbocycles. The number of rotatable bonds is 10. The monoisotopic (exact) mass is 296 g/mol. The average Bonchev–Trinajstić information content (AvgIpc) is 2.40. The lowest BCUT2D eigenvalue weighted by molar-refractivity contribution is 0.0904. The second-order valence-corrected chi connectivity index (χ2v) is 4.47. The van der Waals surface area contributed by atoms with Crippen LogP contribution in [0.4, 0.5) is 0 Å². The highest BCUT2D eigenvalue weighted by molar-refractivity contribution is 4.31. The zero-order chi connectivity index (χ0) is 16.1. The summed E-state index contributed by atoms with van der Waals surface area (Å²) in [7, 11) is 0. The van der Waals surface area contributed by atoms with E-state index in [-0.39, 0.29) is 19.3 Å². The van der Waals surface area contributed by atoms with Gasteiger partial charge in [0.05, 0.1) is 26.4 Å². The molecule has 5 nitrogen and oxygen atoms in total. The molecule has 0 bridgehead atoms. The summed E-state index contributed by atoms with van der Waals surface area (Å²) in [6, 6.07) is 0. The lowest BCUT2D eigenvalue weighted by Crippen LogP contribution is -1.99. The highest BCUT2D eigenvalue weighted by atomic mass is 16.5. The number of hydrogen-bond acceptors (Lipinski definition) is 5. The third-order valence-corrected chi connectivity index (χ3v) is 1.76. The molecule has 0 heterocycles. The predicted octanol–water partition coefficient (Wildman–Crippen LogP) is 1.98. The zero-order valence-corrected chi connectivity index (χ0v) is 13.8. The Hall–Kier alpha value is -0.200. The van der Waals surface area contributed by atoms with Crippen molar-refractivity contribution in [3.05, 3.63) is 0 Å². The van der Waals surface area contributed by atoms with Crippen LogP contribution >= 0.6 is 0 Å². The van der Waals surface area contributed by atoms with E-state index >= 15 is 0 Å². The molecule has 0 unspecified atom stereocenters. The Morgan fingerprint density at radius 1 is 0.750 bits per heavy atom. The molecule has 20 heavy (non-hydrogen) atoms. The van der Waals surface area contributed by atoms with Gasteiger partial charge in [-0.15, -0.1) is 0 Å². The van der Waals surface area contributed by atoms with E-state index in [1.807, 2.05) is 0 Å². The van der Waals surface area contributed by atoms with Crippen LogP contribution in [0.1, 0.15) is 53.4 Å². The maximum Gasteiger partial charge on any atom is 0.0697 e. The SMILES string of the molecule is CC(C)O.CCCCOCCO.CCCCOCCO. The molecule has 0 aliphatic rings. The Kier molecular flexibility index (Phi) is 33.7. The second-order valence-electron chi connectivity index (χ2n) is 4.47. The van der Waals surface area contributed by atoms with Crippen LogP contribution in [0.3, 0.4) is 0 Å². The van der Waals surface area contributed by atoms with Crippen molar-refractivity contribution >= 4 is 0 Å².